The number of rotatable bonds is 4. The summed E-state index contributed by atoms with van der Waals surface area (Å²) in [5.74, 6) is 0.495. The molecule has 1 heterocycles. The number of ether oxygens (including phenoxy) is 1. The molecule has 0 bridgehead atoms. The maximum Gasteiger partial charge on any atom is 0.203 e. The van der Waals surface area contributed by atoms with Gasteiger partial charge in [-0.3, -0.25) is 0 Å². The molecule has 0 fully saturated rings. The summed E-state index contributed by atoms with van der Waals surface area (Å²) >= 11 is 0. The van der Waals surface area contributed by atoms with Crippen LogP contribution < -0.4 is 4.74 Å². The first-order valence-corrected chi connectivity index (χ1v) is 6.48. The predicted molar refractivity (Wildman–Crippen MR) is 60.3 cm³/mol. The molecule has 0 unspecified atom stereocenters. The summed E-state index contributed by atoms with van der Waals surface area (Å²) in [4.78, 5) is 0. The monoisotopic (exact) mass is 253 g/mol. The SMILES string of the molecule is COc1cccc(CS(=O)(=O)c2cn[nH]n2)c1. The second-order valence-electron chi connectivity index (χ2n) is 3.42. The topological polar surface area (TPSA) is 84.9 Å². The van der Waals surface area contributed by atoms with Crippen molar-refractivity contribution in [2.45, 2.75) is 10.8 Å². The summed E-state index contributed by atoms with van der Waals surface area (Å²) in [6, 6.07) is 6.90. The highest BCUT2D eigenvalue weighted by atomic mass is 32.2. The van der Waals surface area contributed by atoms with Crippen LogP contribution in [0.3, 0.4) is 0 Å². The normalized spacial score (nSPS) is 11.4. The third-order valence-corrected chi connectivity index (χ3v) is 3.75. The van der Waals surface area contributed by atoms with Gasteiger partial charge in [0.05, 0.1) is 19.1 Å². The van der Waals surface area contributed by atoms with Crippen LogP contribution in [0.4, 0.5) is 0 Å². The molecule has 0 saturated heterocycles. The quantitative estimate of drug-likeness (QED) is 0.870. The van der Waals surface area contributed by atoms with Gasteiger partial charge in [0.1, 0.15) is 5.75 Å². The first-order chi connectivity index (χ1) is 8.12. The predicted octanol–water partition coefficient (Wildman–Crippen LogP) is 0.787. The fourth-order valence-electron chi connectivity index (χ4n) is 1.40. The maximum absolute atomic E-state index is 11.9. The van der Waals surface area contributed by atoms with Crippen LogP contribution >= 0.6 is 0 Å². The highest BCUT2D eigenvalue weighted by molar-refractivity contribution is 7.90. The van der Waals surface area contributed by atoms with Crippen molar-refractivity contribution in [1.29, 1.82) is 0 Å². The van der Waals surface area contributed by atoms with E-state index in [0.717, 1.165) is 0 Å². The van der Waals surface area contributed by atoms with Gasteiger partial charge in [0.25, 0.3) is 0 Å². The van der Waals surface area contributed by atoms with Crippen LogP contribution in [0.15, 0.2) is 35.5 Å². The van der Waals surface area contributed by atoms with Gasteiger partial charge in [-0.05, 0) is 17.7 Å². The van der Waals surface area contributed by atoms with E-state index in [4.69, 9.17) is 4.74 Å². The standard InChI is InChI=1S/C10H11N3O3S/c1-16-9-4-2-3-8(5-9)7-17(14,15)10-6-11-13-12-10/h2-6H,7H2,1H3,(H,11,12,13). The lowest BCUT2D eigenvalue weighted by Crippen LogP contribution is -2.05. The largest absolute Gasteiger partial charge is 0.497 e. The highest BCUT2D eigenvalue weighted by Crippen LogP contribution is 2.17. The van der Waals surface area contributed by atoms with E-state index in [1.165, 1.54) is 13.3 Å². The van der Waals surface area contributed by atoms with Crippen LogP contribution in [-0.4, -0.2) is 30.9 Å². The lowest BCUT2D eigenvalue weighted by molar-refractivity contribution is 0.414. The van der Waals surface area contributed by atoms with E-state index in [2.05, 4.69) is 15.4 Å². The average molecular weight is 253 g/mol. The molecule has 0 saturated carbocycles. The van der Waals surface area contributed by atoms with Crippen molar-refractivity contribution >= 4 is 9.84 Å². The van der Waals surface area contributed by atoms with Gasteiger partial charge >= 0.3 is 0 Å². The summed E-state index contributed by atoms with van der Waals surface area (Å²) in [7, 11) is -1.92. The summed E-state index contributed by atoms with van der Waals surface area (Å²) in [5.41, 5.74) is 0.646. The van der Waals surface area contributed by atoms with E-state index in [1.807, 2.05) is 0 Å². The Morgan fingerprint density at radius 3 is 2.88 bits per heavy atom. The summed E-state index contributed by atoms with van der Waals surface area (Å²) in [5, 5.41) is 9.28. The molecule has 0 spiro atoms. The molecule has 6 nitrogen and oxygen atoms in total. The van der Waals surface area contributed by atoms with E-state index >= 15 is 0 Å². The third kappa shape index (κ3) is 2.62. The Balaban J connectivity index is 2.26. The lowest BCUT2D eigenvalue weighted by atomic mass is 10.2. The van der Waals surface area contributed by atoms with E-state index in [9.17, 15) is 8.42 Å². The number of methoxy groups -OCH3 is 1. The Morgan fingerprint density at radius 2 is 2.24 bits per heavy atom. The van der Waals surface area contributed by atoms with Gasteiger partial charge in [0.15, 0.2) is 5.03 Å². The van der Waals surface area contributed by atoms with E-state index in [1.54, 1.807) is 24.3 Å². The summed E-state index contributed by atoms with van der Waals surface area (Å²) in [6.45, 7) is 0. The Bertz CT molecular complexity index is 593. The first-order valence-electron chi connectivity index (χ1n) is 4.83. The molecule has 17 heavy (non-hydrogen) atoms. The fraction of sp³-hybridized carbons (Fsp3) is 0.200. The Hall–Kier alpha value is -1.89. The third-order valence-electron chi connectivity index (χ3n) is 2.20. The molecule has 1 N–H and O–H groups in total. The lowest BCUT2D eigenvalue weighted by Gasteiger charge is -2.03. The van der Waals surface area contributed by atoms with Gasteiger partial charge in [-0.1, -0.05) is 12.1 Å². The Kier molecular flexibility index (Phi) is 3.10. The van der Waals surface area contributed by atoms with E-state index < -0.39 is 9.84 Å². The number of benzene rings is 1. The molecule has 0 atom stereocenters. The number of nitrogens with zero attached hydrogens (tertiary/aromatic N) is 2. The number of sulfone groups is 1. The van der Waals surface area contributed by atoms with E-state index in [0.29, 0.717) is 11.3 Å². The Morgan fingerprint density at radius 1 is 1.41 bits per heavy atom. The highest BCUT2D eigenvalue weighted by Gasteiger charge is 2.18. The maximum atomic E-state index is 11.9. The van der Waals surface area contributed by atoms with Crippen molar-refractivity contribution < 1.29 is 13.2 Å². The molecular formula is C10H11N3O3S. The number of aromatic nitrogens is 3. The minimum absolute atomic E-state index is 0.0553. The van der Waals surface area contributed by atoms with Gasteiger partial charge in [0, 0.05) is 0 Å². The molecule has 2 aromatic rings. The number of hydrogen-bond donors (Lipinski definition) is 1. The van der Waals surface area contributed by atoms with Gasteiger partial charge in [-0.25, -0.2) is 8.42 Å². The minimum Gasteiger partial charge on any atom is -0.497 e. The molecule has 90 valence electrons. The molecule has 0 aliphatic rings. The summed E-state index contributed by atoms with van der Waals surface area (Å²) in [6.07, 6.45) is 1.19. The smallest absolute Gasteiger partial charge is 0.203 e. The van der Waals surface area contributed by atoms with Crippen LogP contribution in [0.1, 0.15) is 5.56 Å². The molecule has 2 rings (SSSR count). The van der Waals surface area contributed by atoms with Crippen molar-refractivity contribution in [3.05, 3.63) is 36.0 Å². The molecule has 0 radical (unpaired) electrons. The number of H-pyrrole nitrogens is 1. The molecule has 7 heteroatoms. The molecule has 1 aromatic heterocycles. The van der Waals surface area contributed by atoms with Crippen molar-refractivity contribution in [2.24, 2.45) is 0 Å². The van der Waals surface area contributed by atoms with Crippen LogP contribution in [0.5, 0.6) is 5.75 Å². The number of aromatic amines is 1. The van der Waals surface area contributed by atoms with Crippen LogP contribution in [0.25, 0.3) is 0 Å². The molecule has 0 aliphatic heterocycles. The van der Waals surface area contributed by atoms with Gasteiger partial charge in [-0.15, -0.1) is 5.10 Å². The minimum atomic E-state index is -3.46. The van der Waals surface area contributed by atoms with Gasteiger partial charge in [-0.2, -0.15) is 10.3 Å². The van der Waals surface area contributed by atoms with Gasteiger partial charge in [0.2, 0.25) is 9.84 Å². The second kappa shape index (κ2) is 4.54. The van der Waals surface area contributed by atoms with Crippen molar-refractivity contribution in [1.82, 2.24) is 15.4 Å². The molecular weight excluding hydrogens is 242 g/mol. The first kappa shape index (κ1) is 11.6. The summed E-state index contributed by atoms with van der Waals surface area (Å²) < 4.78 is 28.8. The zero-order valence-corrected chi connectivity index (χ0v) is 9.94. The molecule has 0 aliphatic carbocycles. The second-order valence-corrected chi connectivity index (χ2v) is 5.36. The van der Waals surface area contributed by atoms with Gasteiger partial charge < -0.3 is 4.74 Å². The van der Waals surface area contributed by atoms with Crippen LogP contribution in [0.2, 0.25) is 0 Å². The zero-order valence-electron chi connectivity index (χ0n) is 9.12. The van der Waals surface area contributed by atoms with Crippen LogP contribution in [0, 0.1) is 0 Å². The molecule has 1 aromatic carbocycles. The number of hydrogen-bond acceptors (Lipinski definition) is 5. The molecule has 0 amide bonds. The number of nitrogens with one attached hydrogen (secondary N) is 1. The van der Waals surface area contributed by atoms with Crippen molar-refractivity contribution in [3.8, 4) is 5.75 Å². The Labute approximate surface area is 98.5 Å². The van der Waals surface area contributed by atoms with Crippen molar-refractivity contribution in [3.63, 3.8) is 0 Å². The zero-order chi connectivity index (χ0) is 12.3. The van der Waals surface area contributed by atoms with Crippen LogP contribution in [-0.2, 0) is 15.6 Å². The van der Waals surface area contributed by atoms with Crippen molar-refractivity contribution in [2.75, 3.05) is 7.11 Å². The van der Waals surface area contributed by atoms with E-state index in [-0.39, 0.29) is 10.8 Å². The fourth-order valence-corrected chi connectivity index (χ4v) is 2.56. The average Bonchev–Trinajstić information content (AvgIpc) is 2.83.